The van der Waals surface area contributed by atoms with E-state index in [4.69, 9.17) is 0 Å². The molecule has 0 aliphatic carbocycles. The fourth-order valence-electron chi connectivity index (χ4n) is 12.5. The van der Waals surface area contributed by atoms with E-state index in [-0.39, 0.29) is 6.71 Å². The standard InChI is InChI=1S/C68H52BN3Si2/c1-46-39-47(2)41-49(40-46)48-31-37-60-66(42-48)71(50-32-34-56(35-33-50)73(52-19-7-3-8-20-52)53-21-9-4-10-22-53)67-44-51(72-64-29-17-15-27-58(64)59-28-16-18-30-65(59)72)43-63-68(67)69(60)61-45-57(36-38-62(61)70-63)74(54-23-11-5-12-24-54)55-25-13-6-14-26-55/h3-45,70,73-74H,1-2H3. The molecule has 0 spiro atoms. The molecule has 0 saturated carbocycles. The predicted octanol–water partition coefficient (Wildman–Crippen LogP) is 9.92. The number of hydrogen-bond acceptors (Lipinski definition) is 2. The quantitative estimate of drug-likeness (QED) is 0.115. The molecule has 0 saturated heterocycles. The number of benzene rings is 11. The molecule has 2 aliphatic heterocycles. The lowest BCUT2D eigenvalue weighted by Gasteiger charge is -2.41. The highest BCUT2D eigenvalue weighted by atomic mass is 28.3. The molecule has 3 nitrogen and oxygen atoms in total. The smallest absolute Gasteiger partial charge is 0.252 e. The van der Waals surface area contributed by atoms with E-state index in [0.29, 0.717) is 0 Å². The molecular formula is C68H52BN3Si2. The van der Waals surface area contributed by atoms with Crippen molar-refractivity contribution in [2.24, 2.45) is 0 Å². The molecule has 0 fully saturated rings. The van der Waals surface area contributed by atoms with Gasteiger partial charge in [0.05, 0.1) is 16.7 Å². The number of nitrogens with one attached hydrogen (secondary N) is 1. The zero-order valence-corrected chi connectivity index (χ0v) is 43.8. The van der Waals surface area contributed by atoms with Crippen molar-refractivity contribution >= 4 is 122 Å². The van der Waals surface area contributed by atoms with Crippen LogP contribution in [0.4, 0.5) is 28.4 Å². The van der Waals surface area contributed by atoms with Crippen molar-refractivity contribution in [2.45, 2.75) is 13.8 Å². The third-order valence-corrected chi connectivity index (χ3v) is 21.9. The molecule has 0 atom stereocenters. The Kier molecular flexibility index (Phi) is 10.8. The zero-order chi connectivity index (χ0) is 49.3. The first-order valence-electron chi connectivity index (χ1n) is 25.9. The molecular weight excluding hydrogens is 926 g/mol. The van der Waals surface area contributed by atoms with Gasteiger partial charge in [-0.15, -0.1) is 0 Å². The molecule has 14 rings (SSSR count). The zero-order valence-electron chi connectivity index (χ0n) is 41.5. The summed E-state index contributed by atoms with van der Waals surface area (Å²) in [6.07, 6.45) is 0. The Hall–Kier alpha value is -8.68. The topological polar surface area (TPSA) is 20.2 Å². The summed E-state index contributed by atoms with van der Waals surface area (Å²) >= 11 is 0. The molecule has 3 heterocycles. The SMILES string of the molecule is Cc1cc(C)cc(-c2ccc3c(c2)N(c2ccc([SiH](c4ccccc4)c4ccccc4)cc2)c2cc(-n4c5ccccc5c5ccccc54)cc4c2B3c2cc([SiH](c3ccccc3)c3ccccc3)ccc2N4)c1. The van der Waals surface area contributed by atoms with E-state index in [9.17, 15) is 0 Å². The summed E-state index contributed by atoms with van der Waals surface area (Å²) in [5, 5.41) is 15.1. The van der Waals surface area contributed by atoms with Crippen LogP contribution in [0.2, 0.25) is 0 Å². The fourth-order valence-corrected chi connectivity index (χ4v) is 18.5. The van der Waals surface area contributed by atoms with Crippen LogP contribution in [0.15, 0.2) is 261 Å². The molecule has 2 aliphatic rings. The minimum Gasteiger partial charge on any atom is -0.356 e. The number of fused-ring (bicyclic) bond motifs is 7. The van der Waals surface area contributed by atoms with E-state index in [1.807, 2.05) is 0 Å². The Morgan fingerprint density at radius 3 is 1.42 bits per heavy atom. The average Bonchev–Trinajstić information content (AvgIpc) is 3.79. The van der Waals surface area contributed by atoms with Gasteiger partial charge in [0, 0.05) is 39.2 Å². The Labute approximate surface area is 437 Å². The maximum atomic E-state index is 4.12. The molecule has 11 aromatic carbocycles. The molecule has 350 valence electrons. The molecule has 74 heavy (non-hydrogen) atoms. The van der Waals surface area contributed by atoms with Crippen molar-refractivity contribution in [1.29, 1.82) is 0 Å². The number of rotatable bonds is 9. The van der Waals surface area contributed by atoms with Gasteiger partial charge < -0.3 is 14.8 Å². The van der Waals surface area contributed by atoms with Gasteiger partial charge >= 0.3 is 0 Å². The van der Waals surface area contributed by atoms with Crippen LogP contribution in [0.1, 0.15) is 11.1 Å². The van der Waals surface area contributed by atoms with Crippen LogP contribution < -0.4 is 57.7 Å². The van der Waals surface area contributed by atoms with Gasteiger partial charge in [-0.05, 0) is 89.9 Å². The highest BCUT2D eigenvalue weighted by Crippen LogP contribution is 2.43. The van der Waals surface area contributed by atoms with Gasteiger partial charge in [0.1, 0.15) is 17.6 Å². The summed E-state index contributed by atoms with van der Waals surface area (Å²) in [5.74, 6) is 0. The number of nitrogens with zero attached hydrogens (tertiary/aromatic N) is 2. The molecule has 6 heteroatoms. The summed E-state index contributed by atoms with van der Waals surface area (Å²) in [7, 11) is -3.67. The minimum atomic E-state index is -1.87. The second-order valence-corrected chi connectivity index (χ2v) is 26.0. The number of aromatic nitrogens is 1. The van der Waals surface area contributed by atoms with E-state index < -0.39 is 17.6 Å². The predicted molar refractivity (Wildman–Crippen MR) is 323 cm³/mol. The maximum Gasteiger partial charge on any atom is 0.252 e. The van der Waals surface area contributed by atoms with Crippen LogP contribution in [0.5, 0.6) is 0 Å². The first kappa shape index (κ1) is 44.1. The summed E-state index contributed by atoms with van der Waals surface area (Å²) in [6, 6.07) is 98.6. The largest absolute Gasteiger partial charge is 0.356 e. The maximum absolute atomic E-state index is 4.12. The van der Waals surface area contributed by atoms with Crippen molar-refractivity contribution in [3.63, 3.8) is 0 Å². The first-order valence-corrected chi connectivity index (χ1v) is 29.4. The molecule has 0 unspecified atom stereocenters. The van der Waals surface area contributed by atoms with Gasteiger partial charge in [-0.2, -0.15) is 0 Å². The van der Waals surface area contributed by atoms with Gasteiger partial charge in [-0.25, -0.2) is 0 Å². The average molecular weight is 978 g/mol. The molecule has 0 radical (unpaired) electrons. The molecule has 12 aromatic rings. The lowest BCUT2D eigenvalue weighted by atomic mass is 9.33. The van der Waals surface area contributed by atoms with Gasteiger partial charge in [-0.1, -0.05) is 255 Å². The lowest BCUT2D eigenvalue weighted by Crippen LogP contribution is -2.62. The fraction of sp³-hybridized carbons (Fsp3) is 0.0294. The Morgan fingerprint density at radius 1 is 0.351 bits per heavy atom. The van der Waals surface area contributed by atoms with E-state index in [0.717, 1.165) is 22.7 Å². The normalized spacial score (nSPS) is 12.5. The summed E-state index contributed by atoms with van der Waals surface area (Å²) in [4.78, 5) is 2.58. The monoisotopic (exact) mass is 977 g/mol. The number of aryl methyl sites for hydroxylation is 2. The van der Waals surface area contributed by atoms with E-state index in [2.05, 4.69) is 289 Å². The number of anilines is 5. The Bertz CT molecular complexity index is 3930. The summed E-state index contributed by atoms with van der Waals surface area (Å²) in [6.45, 7) is 4.39. The van der Waals surface area contributed by atoms with Gasteiger partial charge in [0.2, 0.25) is 0 Å². The Morgan fingerprint density at radius 2 is 0.851 bits per heavy atom. The molecule has 0 amide bonds. The minimum absolute atomic E-state index is 0.0311. The lowest BCUT2D eigenvalue weighted by molar-refractivity contribution is 1.17. The first-order chi connectivity index (χ1) is 36.5. The number of hydrogen-bond donors (Lipinski definition) is 1. The molecule has 0 bridgehead atoms. The van der Waals surface area contributed by atoms with Crippen molar-refractivity contribution in [3.05, 3.63) is 272 Å². The third-order valence-electron chi connectivity index (χ3n) is 15.7. The Balaban J connectivity index is 1.03. The van der Waals surface area contributed by atoms with Gasteiger partial charge in [0.15, 0.2) is 0 Å². The summed E-state index contributed by atoms with van der Waals surface area (Å²) < 4.78 is 2.48. The van der Waals surface area contributed by atoms with Gasteiger partial charge in [0.25, 0.3) is 6.71 Å². The van der Waals surface area contributed by atoms with Crippen LogP contribution in [0.25, 0.3) is 38.6 Å². The molecule has 1 aromatic heterocycles. The van der Waals surface area contributed by atoms with Gasteiger partial charge in [-0.3, -0.25) is 0 Å². The van der Waals surface area contributed by atoms with E-state index >= 15 is 0 Å². The van der Waals surface area contributed by atoms with Crippen molar-refractivity contribution in [1.82, 2.24) is 4.57 Å². The van der Waals surface area contributed by atoms with Crippen LogP contribution in [-0.2, 0) is 0 Å². The summed E-state index contributed by atoms with van der Waals surface area (Å²) in [5.41, 5.74) is 18.2. The molecule has 1 N–H and O–H groups in total. The number of para-hydroxylation sites is 2. The van der Waals surface area contributed by atoms with Crippen LogP contribution in [0, 0.1) is 13.8 Å². The van der Waals surface area contributed by atoms with Crippen LogP contribution >= 0.6 is 0 Å². The highest BCUT2D eigenvalue weighted by molar-refractivity contribution is 7.01. The second-order valence-electron chi connectivity index (χ2n) is 20.3. The highest BCUT2D eigenvalue weighted by Gasteiger charge is 2.42. The van der Waals surface area contributed by atoms with Crippen molar-refractivity contribution < 1.29 is 0 Å². The van der Waals surface area contributed by atoms with Crippen LogP contribution in [-0.4, -0.2) is 28.9 Å². The van der Waals surface area contributed by atoms with E-state index in [1.54, 1.807) is 0 Å². The van der Waals surface area contributed by atoms with Crippen molar-refractivity contribution in [3.8, 4) is 16.8 Å². The van der Waals surface area contributed by atoms with Crippen molar-refractivity contribution in [2.75, 3.05) is 10.2 Å². The van der Waals surface area contributed by atoms with Crippen LogP contribution in [0.3, 0.4) is 0 Å². The van der Waals surface area contributed by atoms with E-state index in [1.165, 1.54) is 103 Å². The second kappa shape index (κ2) is 18.1. The third kappa shape index (κ3) is 7.48.